The molecule has 2 fully saturated rings. The molecule has 1 aliphatic carbocycles. The smallest absolute Gasteiger partial charge is 0.348 e. The molecule has 1 aromatic rings. The van der Waals surface area contributed by atoms with Crippen LogP contribution in [0, 0.1) is 11.3 Å². The van der Waals surface area contributed by atoms with E-state index in [0.717, 1.165) is 30.6 Å². The molecular formula is C15H21NO4S2. The van der Waals surface area contributed by atoms with Crippen LogP contribution in [0.5, 0.6) is 0 Å². The molecule has 3 rings (SSSR count). The number of nitrogens with zero attached hydrogens (tertiary/aromatic N) is 1. The van der Waals surface area contributed by atoms with Crippen LogP contribution in [0.4, 0.5) is 0 Å². The molecule has 22 heavy (non-hydrogen) atoms. The maximum absolute atomic E-state index is 12.8. The van der Waals surface area contributed by atoms with Crippen molar-refractivity contribution in [3.05, 3.63) is 17.0 Å². The highest BCUT2D eigenvalue weighted by Crippen LogP contribution is 2.49. The minimum Gasteiger partial charge on any atom is -0.465 e. The quantitative estimate of drug-likeness (QED) is 0.792. The third-order valence-corrected chi connectivity index (χ3v) is 8.29. The molecule has 0 radical (unpaired) electrons. The number of methoxy groups -OCH3 is 1. The molecule has 1 aromatic heterocycles. The Morgan fingerprint density at radius 1 is 1.41 bits per heavy atom. The number of esters is 1. The van der Waals surface area contributed by atoms with E-state index >= 15 is 0 Å². The van der Waals surface area contributed by atoms with Crippen molar-refractivity contribution in [2.24, 2.45) is 11.3 Å². The van der Waals surface area contributed by atoms with E-state index in [2.05, 4.69) is 11.7 Å². The van der Waals surface area contributed by atoms with Gasteiger partial charge in [0, 0.05) is 13.1 Å². The van der Waals surface area contributed by atoms with Crippen LogP contribution in [0.25, 0.3) is 0 Å². The van der Waals surface area contributed by atoms with E-state index in [1.807, 2.05) is 0 Å². The Morgan fingerprint density at radius 3 is 2.82 bits per heavy atom. The van der Waals surface area contributed by atoms with Gasteiger partial charge in [0.05, 0.1) is 7.11 Å². The molecule has 1 saturated carbocycles. The third kappa shape index (κ3) is 2.70. The van der Waals surface area contributed by atoms with Gasteiger partial charge in [0.15, 0.2) is 0 Å². The second-order valence-corrected chi connectivity index (χ2v) is 9.80. The number of hydrogen-bond acceptors (Lipinski definition) is 5. The highest BCUT2D eigenvalue weighted by Gasteiger charge is 2.46. The molecule has 1 saturated heterocycles. The zero-order valence-corrected chi connectivity index (χ0v) is 14.5. The summed E-state index contributed by atoms with van der Waals surface area (Å²) in [6.07, 6.45) is 4.39. The van der Waals surface area contributed by atoms with Crippen molar-refractivity contribution < 1.29 is 17.9 Å². The van der Waals surface area contributed by atoms with Crippen molar-refractivity contribution in [1.29, 1.82) is 0 Å². The summed E-state index contributed by atoms with van der Waals surface area (Å²) in [4.78, 5) is 11.8. The number of hydrogen-bond donors (Lipinski definition) is 0. The minimum absolute atomic E-state index is 0.176. The van der Waals surface area contributed by atoms with E-state index in [1.165, 1.54) is 25.7 Å². The lowest BCUT2D eigenvalue weighted by atomic mass is 9.85. The van der Waals surface area contributed by atoms with Crippen LogP contribution in [0.1, 0.15) is 42.3 Å². The van der Waals surface area contributed by atoms with E-state index in [-0.39, 0.29) is 9.62 Å². The number of carbonyl (C=O) groups excluding carboxylic acids is 1. The van der Waals surface area contributed by atoms with E-state index in [9.17, 15) is 13.2 Å². The van der Waals surface area contributed by atoms with Crippen molar-refractivity contribution >= 4 is 27.3 Å². The molecule has 122 valence electrons. The summed E-state index contributed by atoms with van der Waals surface area (Å²) < 4.78 is 32.0. The van der Waals surface area contributed by atoms with Crippen LogP contribution < -0.4 is 0 Å². The molecule has 0 amide bonds. The van der Waals surface area contributed by atoms with Gasteiger partial charge in [-0.15, -0.1) is 11.3 Å². The van der Waals surface area contributed by atoms with Gasteiger partial charge in [-0.2, -0.15) is 4.31 Å². The first-order chi connectivity index (χ1) is 10.4. The Balaban J connectivity index is 1.79. The Hall–Kier alpha value is -0.920. The summed E-state index contributed by atoms with van der Waals surface area (Å²) in [5, 5.41) is 0. The predicted molar refractivity (Wildman–Crippen MR) is 84.5 cm³/mol. The van der Waals surface area contributed by atoms with Gasteiger partial charge in [0.2, 0.25) is 0 Å². The molecule has 2 unspecified atom stereocenters. The first kappa shape index (κ1) is 16.0. The molecular weight excluding hydrogens is 322 g/mol. The SMILES string of the molecule is COC(=O)c1ccc(S(=O)(=O)N2CCC3(CCC(C)C3)C2)s1. The second-order valence-electron chi connectivity index (χ2n) is 6.55. The number of sulfonamides is 1. The normalized spacial score (nSPS) is 29.3. The molecule has 7 heteroatoms. The molecule has 0 bridgehead atoms. The molecule has 1 spiro atoms. The maximum Gasteiger partial charge on any atom is 0.348 e. The summed E-state index contributed by atoms with van der Waals surface area (Å²) in [5.41, 5.74) is 0.176. The van der Waals surface area contributed by atoms with Crippen LogP contribution in [0.15, 0.2) is 16.3 Å². The van der Waals surface area contributed by atoms with Crippen molar-refractivity contribution in [1.82, 2.24) is 4.31 Å². The van der Waals surface area contributed by atoms with Crippen LogP contribution in [0.2, 0.25) is 0 Å². The van der Waals surface area contributed by atoms with Gasteiger partial charge in [-0.3, -0.25) is 0 Å². The minimum atomic E-state index is -3.50. The standard InChI is InChI=1S/C15H21NO4S2/c1-11-5-6-15(9-11)7-8-16(10-15)22(18,19)13-4-3-12(21-13)14(17)20-2/h3-4,11H,5-10H2,1-2H3. The number of rotatable bonds is 3. The fraction of sp³-hybridized carbons (Fsp3) is 0.667. The largest absolute Gasteiger partial charge is 0.465 e. The lowest BCUT2D eigenvalue weighted by Crippen LogP contribution is -2.31. The molecule has 2 aliphatic rings. The Morgan fingerprint density at radius 2 is 2.18 bits per heavy atom. The second kappa shape index (κ2) is 5.62. The third-order valence-electron chi connectivity index (χ3n) is 4.91. The zero-order chi connectivity index (χ0) is 16.0. The van der Waals surface area contributed by atoms with Crippen molar-refractivity contribution in [2.45, 2.75) is 36.8 Å². The summed E-state index contributed by atoms with van der Waals surface area (Å²) in [5.74, 6) is 0.198. The topological polar surface area (TPSA) is 63.7 Å². The zero-order valence-electron chi connectivity index (χ0n) is 12.9. The molecule has 5 nitrogen and oxygen atoms in total. The van der Waals surface area contributed by atoms with E-state index in [4.69, 9.17) is 0 Å². The number of carbonyl (C=O) groups is 1. The van der Waals surface area contributed by atoms with Crippen LogP contribution in [0.3, 0.4) is 0 Å². The molecule has 2 heterocycles. The van der Waals surface area contributed by atoms with E-state index in [0.29, 0.717) is 23.9 Å². The number of thiophene rings is 1. The highest BCUT2D eigenvalue weighted by atomic mass is 32.2. The van der Waals surface area contributed by atoms with Crippen LogP contribution in [-0.4, -0.2) is 38.9 Å². The maximum atomic E-state index is 12.8. The van der Waals surface area contributed by atoms with Gasteiger partial charge < -0.3 is 4.74 Å². The monoisotopic (exact) mass is 343 g/mol. The average Bonchev–Trinajstić information content (AvgIpc) is 3.19. The molecule has 0 N–H and O–H groups in total. The fourth-order valence-electron chi connectivity index (χ4n) is 3.76. The summed E-state index contributed by atoms with van der Waals surface area (Å²) in [7, 11) is -2.20. The van der Waals surface area contributed by atoms with Gasteiger partial charge in [-0.05, 0) is 42.7 Å². The summed E-state index contributed by atoms with van der Waals surface area (Å²) >= 11 is 0.987. The molecule has 0 aromatic carbocycles. The van der Waals surface area contributed by atoms with Crippen LogP contribution >= 0.6 is 11.3 Å². The van der Waals surface area contributed by atoms with E-state index < -0.39 is 16.0 Å². The fourth-order valence-corrected chi connectivity index (χ4v) is 6.69. The van der Waals surface area contributed by atoms with Crippen molar-refractivity contribution in [3.8, 4) is 0 Å². The first-order valence-corrected chi connectivity index (χ1v) is 9.80. The van der Waals surface area contributed by atoms with Crippen LogP contribution in [-0.2, 0) is 14.8 Å². The van der Waals surface area contributed by atoms with Gasteiger partial charge in [-0.25, -0.2) is 13.2 Å². The predicted octanol–water partition coefficient (Wildman–Crippen LogP) is 2.74. The molecule has 2 atom stereocenters. The van der Waals surface area contributed by atoms with Gasteiger partial charge in [0.1, 0.15) is 9.09 Å². The number of ether oxygens (including phenoxy) is 1. The highest BCUT2D eigenvalue weighted by molar-refractivity contribution is 7.91. The van der Waals surface area contributed by atoms with E-state index in [1.54, 1.807) is 4.31 Å². The van der Waals surface area contributed by atoms with Crippen molar-refractivity contribution in [3.63, 3.8) is 0 Å². The Bertz CT molecular complexity index is 681. The summed E-state index contributed by atoms with van der Waals surface area (Å²) in [6.45, 7) is 3.44. The Labute approximate surface area is 135 Å². The van der Waals surface area contributed by atoms with Gasteiger partial charge in [-0.1, -0.05) is 13.3 Å². The lowest BCUT2D eigenvalue weighted by Gasteiger charge is -2.23. The first-order valence-electron chi connectivity index (χ1n) is 7.55. The Kier molecular flexibility index (Phi) is 4.07. The van der Waals surface area contributed by atoms with Gasteiger partial charge in [0.25, 0.3) is 10.0 Å². The molecule has 1 aliphatic heterocycles. The lowest BCUT2D eigenvalue weighted by molar-refractivity contribution is 0.0606. The summed E-state index contributed by atoms with van der Waals surface area (Å²) in [6, 6.07) is 3.03. The van der Waals surface area contributed by atoms with Gasteiger partial charge >= 0.3 is 5.97 Å². The average molecular weight is 343 g/mol. The van der Waals surface area contributed by atoms with Crippen molar-refractivity contribution in [2.75, 3.05) is 20.2 Å².